The summed E-state index contributed by atoms with van der Waals surface area (Å²) in [6, 6.07) is 0. The van der Waals surface area contributed by atoms with E-state index in [9.17, 15) is 0 Å². The molecule has 0 aliphatic rings. The van der Waals surface area contributed by atoms with Crippen molar-refractivity contribution in [3.8, 4) is 0 Å². The van der Waals surface area contributed by atoms with E-state index in [1.165, 1.54) is 0 Å². The van der Waals surface area contributed by atoms with Crippen molar-refractivity contribution in [3.05, 3.63) is 5.82 Å². The molecule has 1 heterocycles. The van der Waals surface area contributed by atoms with Gasteiger partial charge in [0.15, 0.2) is 0 Å². The monoisotopic (exact) mass is 214 g/mol. The van der Waals surface area contributed by atoms with Crippen molar-refractivity contribution < 1.29 is 0 Å². The van der Waals surface area contributed by atoms with Gasteiger partial charge in [-0.25, -0.2) is 4.98 Å². The Morgan fingerprint density at radius 1 is 1.50 bits per heavy atom. The Morgan fingerprint density at radius 3 is 2.86 bits per heavy atom. The van der Waals surface area contributed by atoms with E-state index in [0.717, 1.165) is 29.8 Å². The first-order valence-corrected chi connectivity index (χ1v) is 5.89. The Kier molecular flexibility index (Phi) is 4.97. The van der Waals surface area contributed by atoms with Gasteiger partial charge in [0, 0.05) is 12.3 Å². The molecule has 80 valence electrons. The number of hydrogen-bond donors (Lipinski definition) is 2. The lowest BCUT2D eigenvalue weighted by Gasteiger charge is -2.05. The van der Waals surface area contributed by atoms with Crippen LogP contribution in [0.25, 0.3) is 0 Å². The number of thioether (sulfide) groups is 1. The zero-order valence-electron chi connectivity index (χ0n) is 9.00. The van der Waals surface area contributed by atoms with E-state index < -0.39 is 0 Å². The van der Waals surface area contributed by atoms with E-state index in [2.05, 4.69) is 34.3 Å². The Balaban J connectivity index is 2.04. The van der Waals surface area contributed by atoms with E-state index in [0.29, 0.717) is 5.92 Å². The van der Waals surface area contributed by atoms with Crippen LogP contribution in [0.5, 0.6) is 0 Å². The van der Waals surface area contributed by atoms with Crippen molar-refractivity contribution in [3.63, 3.8) is 0 Å². The maximum absolute atomic E-state index is 4.21. The minimum atomic E-state index is 0.714. The van der Waals surface area contributed by atoms with Crippen molar-refractivity contribution in [1.82, 2.24) is 20.5 Å². The first-order chi connectivity index (χ1) is 6.68. The van der Waals surface area contributed by atoms with Gasteiger partial charge in [-0.2, -0.15) is 0 Å². The number of rotatable bonds is 6. The number of aromatic nitrogens is 3. The van der Waals surface area contributed by atoms with E-state index >= 15 is 0 Å². The summed E-state index contributed by atoms with van der Waals surface area (Å²) in [5, 5.41) is 11.1. The molecule has 5 heteroatoms. The first-order valence-electron chi connectivity index (χ1n) is 4.91. The van der Waals surface area contributed by atoms with Gasteiger partial charge in [0.2, 0.25) is 5.16 Å². The smallest absolute Gasteiger partial charge is 0.208 e. The van der Waals surface area contributed by atoms with Crippen LogP contribution in [0.3, 0.4) is 0 Å². The minimum Gasteiger partial charge on any atom is -0.316 e. The third-order valence-corrected chi connectivity index (χ3v) is 2.49. The molecule has 0 atom stereocenters. The highest BCUT2D eigenvalue weighted by molar-refractivity contribution is 7.99. The molecule has 4 nitrogen and oxygen atoms in total. The predicted molar refractivity (Wildman–Crippen MR) is 59.6 cm³/mol. The highest BCUT2D eigenvalue weighted by Crippen LogP contribution is 2.10. The molecule has 0 saturated carbocycles. The number of aryl methyl sites for hydroxylation is 1. The van der Waals surface area contributed by atoms with Crippen LogP contribution in [-0.4, -0.2) is 34.0 Å². The van der Waals surface area contributed by atoms with Gasteiger partial charge in [0.1, 0.15) is 5.82 Å². The zero-order valence-corrected chi connectivity index (χ0v) is 9.82. The van der Waals surface area contributed by atoms with E-state index in [1.54, 1.807) is 11.8 Å². The molecule has 0 bridgehead atoms. The van der Waals surface area contributed by atoms with Gasteiger partial charge in [0.05, 0.1) is 0 Å². The number of hydrogen-bond acceptors (Lipinski definition) is 4. The summed E-state index contributed by atoms with van der Waals surface area (Å²) >= 11 is 1.68. The highest BCUT2D eigenvalue weighted by atomic mass is 32.2. The summed E-state index contributed by atoms with van der Waals surface area (Å²) in [4.78, 5) is 4.21. The number of nitrogens with zero attached hydrogens (tertiary/aromatic N) is 2. The Labute approximate surface area is 89.3 Å². The summed E-state index contributed by atoms with van der Waals surface area (Å²) in [5.41, 5.74) is 0. The van der Waals surface area contributed by atoms with Crippen LogP contribution in [0, 0.1) is 12.8 Å². The molecule has 1 aromatic heterocycles. The quantitative estimate of drug-likeness (QED) is 0.556. The molecule has 0 fully saturated rings. The van der Waals surface area contributed by atoms with Crippen LogP contribution in [0.15, 0.2) is 5.16 Å². The second kappa shape index (κ2) is 6.03. The Hall–Kier alpha value is -0.550. The van der Waals surface area contributed by atoms with Gasteiger partial charge in [-0.1, -0.05) is 25.6 Å². The summed E-state index contributed by atoms with van der Waals surface area (Å²) in [7, 11) is 0. The summed E-state index contributed by atoms with van der Waals surface area (Å²) in [6.45, 7) is 8.41. The fourth-order valence-electron chi connectivity index (χ4n) is 0.992. The normalized spacial score (nSPS) is 11.1. The van der Waals surface area contributed by atoms with Crippen molar-refractivity contribution in [2.45, 2.75) is 25.9 Å². The van der Waals surface area contributed by atoms with Crippen molar-refractivity contribution in [2.24, 2.45) is 5.92 Å². The van der Waals surface area contributed by atoms with Crippen LogP contribution in [-0.2, 0) is 0 Å². The maximum Gasteiger partial charge on any atom is 0.208 e. The molecule has 0 unspecified atom stereocenters. The molecule has 1 aromatic rings. The third-order valence-electron chi connectivity index (χ3n) is 1.64. The SMILES string of the molecule is Cc1nc(SCCNCC(C)C)n[nH]1. The Morgan fingerprint density at radius 2 is 2.29 bits per heavy atom. The van der Waals surface area contributed by atoms with Gasteiger partial charge in [0.25, 0.3) is 0 Å². The molecule has 0 amide bonds. The van der Waals surface area contributed by atoms with E-state index in [1.807, 2.05) is 6.92 Å². The lowest BCUT2D eigenvalue weighted by Crippen LogP contribution is -2.22. The van der Waals surface area contributed by atoms with Crippen LogP contribution in [0.2, 0.25) is 0 Å². The fourth-order valence-corrected chi connectivity index (χ4v) is 1.73. The van der Waals surface area contributed by atoms with Gasteiger partial charge < -0.3 is 5.32 Å². The first kappa shape index (κ1) is 11.5. The van der Waals surface area contributed by atoms with Gasteiger partial charge in [-0.3, -0.25) is 5.10 Å². The molecule has 1 rings (SSSR count). The summed E-state index contributed by atoms with van der Waals surface area (Å²) in [5.74, 6) is 2.61. The van der Waals surface area contributed by atoms with E-state index in [-0.39, 0.29) is 0 Å². The van der Waals surface area contributed by atoms with Gasteiger partial charge >= 0.3 is 0 Å². The van der Waals surface area contributed by atoms with Gasteiger partial charge in [-0.15, -0.1) is 5.10 Å². The molecule has 0 radical (unpaired) electrons. The predicted octanol–water partition coefficient (Wildman–Crippen LogP) is 1.45. The third kappa shape index (κ3) is 4.62. The number of nitrogens with one attached hydrogen (secondary N) is 2. The lowest BCUT2D eigenvalue weighted by atomic mass is 10.2. The van der Waals surface area contributed by atoms with Crippen LogP contribution in [0.1, 0.15) is 19.7 Å². The fraction of sp³-hybridized carbons (Fsp3) is 0.778. The van der Waals surface area contributed by atoms with Gasteiger partial charge in [-0.05, 0) is 19.4 Å². The average molecular weight is 214 g/mol. The highest BCUT2D eigenvalue weighted by Gasteiger charge is 1.99. The van der Waals surface area contributed by atoms with E-state index in [4.69, 9.17) is 0 Å². The molecule has 0 aliphatic carbocycles. The molecule has 0 saturated heterocycles. The minimum absolute atomic E-state index is 0.714. The molecule has 0 aliphatic heterocycles. The molecule has 0 aromatic carbocycles. The van der Waals surface area contributed by atoms with Crippen LogP contribution in [0.4, 0.5) is 0 Å². The lowest BCUT2D eigenvalue weighted by molar-refractivity contribution is 0.568. The summed E-state index contributed by atoms with van der Waals surface area (Å²) in [6.07, 6.45) is 0. The summed E-state index contributed by atoms with van der Waals surface area (Å²) < 4.78 is 0. The van der Waals surface area contributed by atoms with Crippen LogP contribution < -0.4 is 5.32 Å². The molecular weight excluding hydrogens is 196 g/mol. The van der Waals surface area contributed by atoms with Crippen molar-refractivity contribution >= 4 is 11.8 Å². The molecule has 2 N–H and O–H groups in total. The molecular formula is C9H18N4S. The molecule has 0 spiro atoms. The Bertz CT molecular complexity index is 259. The van der Waals surface area contributed by atoms with Crippen molar-refractivity contribution in [1.29, 1.82) is 0 Å². The topological polar surface area (TPSA) is 53.6 Å². The van der Waals surface area contributed by atoms with Crippen LogP contribution >= 0.6 is 11.8 Å². The zero-order chi connectivity index (χ0) is 10.4. The second-order valence-electron chi connectivity index (χ2n) is 3.65. The number of H-pyrrole nitrogens is 1. The largest absolute Gasteiger partial charge is 0.316 e. The second-order valence-corrected chi connectivity index (χ2v) is 4.71. The maximum atomic E-state index is 4.21. The number of aromatic amines is 1. The molecule has 14 heavy (non-hydrogen) atoms. The average Bonchev–Trinajstić information content (AvgIpc) is 2.50. The standard InChI is InChI=1S/C9H18N4S/c1-7(2)6-10-4-5-14-9-11-8(3)12-13-9/h7,10H,4-6H2,1-3H3,(H,11,12,13). The van der Waals surface area contributed by atoms with Crippen molar-refractivity contribution in [2.75, 3.05) is 18.8 Å².